The molecule has 12 heteroatoms. The molecule has 1 aliphatic rings. The van der Waals surface area contributed by atoms with Crippen LogP contribution in [-0.2, 0) is 19.2 Å². The minimum absolute atomic E-state index is 0.102. The number of hydrogen-bond acceptors (Lipinski definition) is 12. The van der Waals surface area contributed by atoms with E-state index in [0.29, 0.717) is 22.6 Å². The normalized spacial score (nSPS) is 15.0. The Hall–Kier alpha value is -5.72. The fourth-order valence-corrected chi connectivity index (χ4v) is 7.07. The van der Waals surface area contributed by atoms with Crippen molar-refractivity contribution in [2.75, 3.05) is 0 Å². The van der Waals surface area contributed by atoms with E-state index in [1.807, 2.05) is 0 Å². The third-order valence-corrected chi connectivity index (χ3v) is 9.85. The molecule has 1 fully saturated rings. The molecule has 0 N–H and O–H groups in total. The zero-order valence-corrected chi connectivity index (χ0v) is 29.3. The summed E-state index contributed by atoms with van der Waals surface area (Å²) in [6, 6.07) is 24.9. The summed E-state index contributed by atoms with van der Waals surface area (Å²) in [5, 5.41) is -0.204. The van der Waals surface area contributed by atoms with Crippen molar-refractivity contribution < 1.29 is 47.7 Å². The lowest BCUT2D eigenvalue weighted by Crippen LogP contribution is -2.30. The first-order valence-electron chi connectivity index (χ1n) is 16.1. The zero-order valence-electron chi connectivity index (χ0n) is 27.7. The maximum atomic E-state index is 13.4. The highest BCUT2D eigenvalue weighted by molar-refractivity contribution is 8.14. The van der Waals surface area contributed by atoms with Gasteiger partial charge in [0.15, 0.2) is 10.2 Å². The van der Waals surface area contributed by atoms with E-state index in [1.54, 1.807) is 48.5 Å². The molecule has 0 heterocycles. The number of esters is 4. The maximum absolute atomic E-state index is 13.4. The molecule has 0 unspecified atom stereocenters. The highest BCUT2D eigenvalue weighted by Gasteiger charge is 2.36. The van der Waals surface area contributed by atoms with Crippen LogP contribution in [0.4, 0.5) is 0 Å². The van der Waals surface area contributed by atoms with Crippen LogP contribution in [-0.4, -0.2) is 34.1 Å². The first-order valence-corrected chi connectivity index (χ1v) is 17.7. The predicted octanol–water partition coefficient (Wildman–Crippen LogP) is 8.05. The molecule has 4 aromatic rings. The molecule has 0 bridgehead atoms. The van der Waals surface area contributed by atoms with E-state index in [1.165, 1.54) is 48.5 Å². The number of hydrogen-bond donors (Lipinski definition) is 0. The average Bonchev–Trinajstić information content (AvgIpc) is 3.16. The van der Waals surface area contributed by atoms with Gasteiger partial charge in [-0.25, -0.2) is 19.2 Å². The SMILES string of the molecule is C=CC(=O)Oc1ccc(C(=O)Oc2ccc(SC(=O)[C@H]3CCCC[C@@H]3C(=O)Sc3ccc(OC(=O)c4ccc(OC(=O)C=C)cc4)cc3)cc2)cc1. The van der Waals surface area contributed by atoms with Gasteiger partial charge in [0.2, 0.25) is 0 Å². The van der Waals surface area contributed by atoms with Gasteiger partial charge in [-0.15, -0.1) is 0 Å². The Labute approximate surface area is 308 Å². The fourth-order valence-electron chi connectivity index (χ4n) is 5.20. The predicted molar refractivity (Wildman–Crippen MR) is 195 cm³/mol. The minimum atomic E-state index is -0.612. The summed E-state index contributed by atoms with van der Waals surface area (Å²) < 4.78 is 20.9. The first kappa shape index (κ1) is 37.5. The molecule has 5 rings (SSSR count). The van der Waals surface area contributed by atoms with Gasteiger partial charge < -0.3 is 18.9 Å². The molecule has 0 aromatic heterocycles. The highest BCUT2D eigenvalue weighted by atomic mass is 32.2. The van der Waals surface area contributed by atoms with Gasteiger partial charge in [0.1, 0.15) is 23.0 Å². The molecular formula is C40H32O10S2. The zero-order chi connectivity index (χ0) is 37.0. The van der Waals surface area contributed by atoms with Crippen molar-refractivity contribution in [1.29, 1.82) is 0 Å². The third-order valence-electron chi connectivity index (χ3n) is 7.83. The van der Waals surface area contributed by atoms with Gasteiger partial charge in [-0.1, -0.05) is 49.5 Å². The molecule has 0 amide bonds. The topological polar surface area (TPSA) is 139 Å². The molecule has 4 aromatic carbocycles. The second kappa shape index (κ2) is 18.0. The van der Waals surface area contributed by atoms with Crippen LogP contribution >= 0.6 is 23.5 Å². The molecule has 1 aliphatic carbocycles. The second-order valence-electron chi connectivity index (χ2n) is 11.4. The number of benzene rings is 4. The quantitative estimate of drug-likeness (QED) is 0.0602. The van der Waals surface area contributed by atoms with E-state index in [-0.39, 0.29) is 44.4 Å². The van der Waals surface area contributed by atoms with E-state index in [2.05, 4.69) is 13.2 Å². The van der Waals surface area contributed by atoms with Crippen LogP contribution in [0.25, 0.3) is 0 Å². The van der Waals surface area contributed by atoms with Crippen molar-refractivity contribution in [3.63, 3.8) is 0 Å². The van der Waals surface area contributed by atoms with Crippen LogP contribution < -0.4 is 18.9 Å². The number of ether oxygens (including phenoxy) is 4. The smallest absolute Gasteiger partial charge is 0.343 e. The summed E-state index contributed by atoms with van der Waals surface area (Å²) >= 11 is 2.11. The second-order valence-corrected chi connectivity index (χ2v) is 13.5. The van der Waals surface area contributed by atoms with Gasteiger partial charge in [0, 0.05) is 33.8 Å². The third kappa shape index (κ3) is 10.4. The van der Waals surface area contributed by atoms with Crippen LogP contribution in [0.3, 0.4) is 0 Å². The maximum Gasteiger partial charge on any atom is 0.343 e. The van der Waals surface area contributed by atoms with Crippen molar-refractivity contribution >= 4 is 57.6 Å². The van der Waals surface area contributed by atoms with E-state index < -0.39 is 35.7 Å². The molecule has 2 atom stereocenters. The number of thioether (sulfide) groups is 2. The van der Waals surface area contributed by atoms with E-state index in [4.69, 9.17) is 18.9 Å². The van der Waals surface area contributed by atoms with Crippen LogP contribution in [0.5, 0.6) is 23.0 Å². The van der Waals surface area contributed by atoms with Crippen LogP contribution in [0, 0.1) is 11.8 Å². The Morgan fingerprint density at radius 1 is 0.481 bits per heavy atom. The summed E-state index contributed by atoms with van der Waals surface area (Å²) in [6.07, 6.45) is 4.98. The van der Waals surface area contributed by atoms with E-state index >= 15 is 0 Å². The fraction of sp³-hybridized carbons (Fsp3) is 0.150. The molecule has 0 radical (unpaired) electrons. The van der Waals surface area contributed by atoms with Crippen molar-refractivity contribution in [1.82, 2.24) is 0 Å². The summed E-state index contributed by atoms with van der Waals surface area (Å²) in [5.74, 6) is -2.23. The van der Waals surface area contributed by atoms with Crippen LogP contribution in [0.15, 0.2) is 132 Å². The molecule has 264 valence electrons. The van der Waals surface area contributed by atoms with Crippen LogP contribution in [0.2, 0.25) is 0 Å². The monoisotopic (exact) mass is 736 g/mol. The van der Waals surface area contributed by atoms with E-state index in [0.717, 1.165) is 48.5 Å². The lowest BCUT2D eigenvalue weighted by atomic mass is 9.81. The number of carbonyl (C=O) groups is 6. The molecule has 0 saturated heterocycles. The Kier molecular flexibility index (Phi) is 13.0. The lowest BCUT2D eigenvalue weighted by Gasteiger charge is -2.28. The van der Waals surface area contributed by atoms with Gasteiger partial charge >= 0.3 is 23.9 Å². The van der Waals surface area contributed by atoms with Gasteiger partial charge in [-0.3, -0.25) is 9.59 Å². The Morgan fingerprint density at radius 2 is 0.788 bits per heavy atom. The standard InChI is InChI=1S/C40H32O10S2/c1-3-35(41)47-27-13-9-25(10-14-27)37(43)49-29-17-21-31(22-18-29)51-39(45)33-7-5-6-8-34(33)40(46)52-32-23-19-30(20-24-32)50-38(44)26-11-15-28(16-12-26)48-36(42)4-2/h3-4,9-24,33-34H,1-2,5-8H2/t33-,34-/m0/s1. The van der Waals surface area contributed by atoms with Crippen molar-refractivity contribution in [2.24, 2.45) is 11.8 Å². The number of rotatable bonds is 12. The Balaban J connectivity index is 1.12. The average molecular weight is 737 g/mol. The van der Waals surface area contributed by atoms with Gasteiger partial charge in [0.05, 0.1) is 11.1 Å². The van der Waals surface area contributed by atoms with Gasteiger partial charge in [-0.2, -0.15) is 0 Å². The number of carbonyl (C=O) groups excluding carboxylic acids is 6. The summed E-state index contributed by atoms with van der Waals surface area (Å²) in [7, 11) is 0. The molecule has 0 aliphatic heterocycles. The van der Waals surface area contributed by atoms with Crippen molar-refractivity contribution in [3.8, 4) is 23.0 Å². The summed E-state index contributed by atoms with van der Waals surface area (Å²) in [6.45, 7) is 6.68. The first-order chi connectivity index (χ1) is 25.1. The summed E-state index contributed by atoms with van der Waals surface area (Å²) in [5.41, 5.74) is 0.512. The molecule has 10 nitrogen and oxygen atoms in total. The Morgan fingerprint density at radius 3 is 1.12 bits per heavy atom. The Bertz CT molecular complexity index is 1820. The molecule has 1 saturated carbocycles. The largest absolute Gasteiger partial charge is 0.423 e. The van der Waals surface area contributed by atoms with Gasteiger partial charge in [-0.05, 0) is 110 Å². The molecule has 0 spiro atoms. The molecular weight excluding hydrogens is 705 g/mol. The van der Waals surface area contributed by atoms with Gasteiger partial charge in [0.25, 0.3) is 0 Å². The summed E-state index contributed by atoms with van der Waals surface area (Å²) in [4.78, 5) is 76.1. The van der Waals surface area contributed by atoms with Crippen molar-refractivity contribution in [2.45, 2.75) is 35.5 Å². The van der Waals surface area contributed by atoms with E-state index in [9.17, 15) is 28.8 Å². The highest BCUT2D eigenvalue weighted by Crippen LogP contribution is 2.40. The lowest BCUT2D eigenvalue weighted by molar-refractivity contribution is -0.129. The minimum Gasteiger partial charge on any atom is -0.423 e. The van der Waals surface area contributed by atoms with Crippen molar-refractivity contribution in [3.05, 3.63) is 133 Å². The van der Waals surface area contributed by atoms with Crippen LogP contribution in [0.1, 0.15) is 46.4 Å². The molecule has 52 heavy (non-hydrogen) atoms.